The number of urea groups is 1. The van der Waals surface area contributed by atoms with Crippen molar-refractivity contribution in [2.24, 2.45) is 0 Å². The minimum Gasteiger partial charge on any atom is -0.444 e. The molecule has 1 atom stereocenters. The summed E-state index contributed by atoms with van der Waals surface area (Å²) in [5, 5.41) is 3.72. The fourth-order valence-corrected chi connectivity index (χ4v) is 4.98. The van der Waals surface area contributed by atoms with Gasteiger partial charge in [-0.2, -0.15) is 0 Å². The SMILES string of the molecule is O=C(Nc1cccc(-c2cnco2)c1)N1c2nc(-c3cccc(Cl)c3)ccc2N2CCCC1C2. The van der Waals surface area contributed by atoms with Crippen LogP contribution in [0.4, 0.5) is 22.0 Å². The minimum absolute atomic E-state index is 0.0563. The molecule has 8 heteroatoms. The lowest BCUT2D eigenvalue weighted by atomic mass is 9.99. The maximum atomic E-state index is 13.6. The molecule has 2 bridgehead atoms. The van der Waals surface area contributed by atoms with Gasteiger partial charge in [0, 0.05) is 34.9 Å². The molecule has 2 aromatic heterocycles. The number of fused-ring (bicyclic) bond motifs is 4. The highest BCUT2D eigenvalue weighted by Gasteiger charge is 2.38. The Morgan fingerprint density at radius 3 is 2.82 bits per heavy atom. The molecule has 7 nitrogen and oxygen atoms in total. The summed E-state index contributed by atoms with van der Waals surface area (Å²) >= 11 is 6.21. The number of aromatic nitrogens is 2. The number of piperidine rings is 1. The fraction of sp³-hybridized carbons (Fsp3) is 0.192. The van der Waals surface area contributed by atoms with E-state index >= 15 is 0 Å². The second kappa shape index (κ2) is 8.50. The first-order valence-electron chi connectivity index (χ1n) is 11.3. The molecule has 4 aromatic rings. The number of rotatable bonds is 3. The lowest BCUT2D eigenvalue weighted by Gasteiger charge is -2.45. The predicted octanol–water partition coefficient (Wildman–Crippen LogP) is 6.08. The summed E-state index contributed by atoms with van der Waals surface area (Å²) in [5.74, 6) is 1.33. The van der Waals surface area contributed by atoms with Gasteiger partial charge in [0.2, 0.25) is 0 Å². The van der Waals surface area contributed by atoms with E-state index < -0.39 is 0 Å². The summed E-state index contributed by atoms with van der Waals surface area (Å²) in [6.07, 6.45) is 5.01. The quantitative estimate of drug-likeness (QED) is 0.392. The summed E-state index contributed by atoms with van der Waals surface area (Å²) in [5.41, 5.74) is 4.21. The van der Waals surface area contributed by atoms with Crippen LogP contribution in [-0.2, 0) is 0 Å². The molecule has 0 radical (unpaired) electrons. The Kier molecular flexibility index (Phi) is 5.19. The molecule has 1 fully saturated rings. The molecule has 2 aliphatic heterocycles. The monoisotopic (exact) mass is 471 g/mol. The van der Waals surface area contributed by atoms with Gasteiger partial charge in [-0.25, -0.2) is 14.8 Å². The Labute approximate surface area is 202 Å². The molecule has 1 N–H and O–H groups in total. The predicted molar refractivity (Wildman–Crippen MR) is 133 cm³/mol. The molecule has 2 aromatic carbocycles. The van der Waals surface area contributed by atoms with Gasteiger partial charge >= 0.3 is 6.03 Å². The van der Waals surface area contributed by atoms with E-state index in [1.807, 2.05) is 59.5 Å². The molecule has 34 heavy (non-hydrogen) atoms. The second-order valence-corrected chi connectivity index (χ2v) is 8.97. The van der Waals surface area contributed by atoms with E-state index in [9.17, 15) is 4.79 Å². The third kappa shape index (κ3) is 3.78. The highest BCUT2D eigenvalue weighted by Crippen LogP contribution is 2.40. The van der Waals surface area contributed by atoms with Gasteiger partial charge in [-0.05, 0) is 49.2 Å². The number of oxazole rings is 1. The van der Waals surface area contributed by atoms with E-state index in [0.717, 1.165) is 48.4 Å². The highest BCUT2D eigenvalue weighted by molar-refractivity contribution is 6.30. The van der Waals surface area contributed by atoms with Gasteiger partial charge in [0.25, 0.3) is 0 Å². The van der Waals surface area contributed by atoms with Crippen molar-refractivity contribution in [1.82, 2.24) is 9.97 Å². The number of hydrogen-bond acceptors (Lipinski definition) is 5. The molecule has 4 heterocycles. The molecule has 0 saturated carbocycles. The maximum absolute atomic E-state index is 13.6. The normalized spacial score (nSPS) is 16.8. The zero-order valence-corrected chi connectivity index (χ0v) is 19.1. The van der Waals surface area contributed by atoms with Crippen LogP contribution in [0, 0.1) is 0 Å². The van der Waals surface area contributed by atoms with Gasteiger partial charge in [0.05, 0.1) is 23.6 Å². The van der Waals surface area contributed by atoms with Gasteiger partial charge < -0.3 is 14.6 Å². The van der Waals surface area contributed by atoms with E-state index in [1.54, 1.807) is 6.20 Å². The number of carbonyl (C=O) groups excluding carboxylic acids is 1. The number of amides is 2. The summed E-state index contributed by atoms with van der Waals surface area (Å²) < 4.78 is 5.40. The molecule has 0 aliphatic carbocycles. The third-order valence-electron chi connectivity index (χ3n) is 6.35. The molecule has 170 valence electrons. The topological polar surface area (TPSA) is 74.5 Å². The molecule has 1 unspecified atom stereocenters. The highest BCUT2D eigenvalue weighted by atomic mass is 35.5. The summed E-state index contributed by atoms with van der Waals surface area (Å²) in [6.45, 7) is 1.77. The lowest BCUT2D eigenvalue weighted by molar-refractivity contribution is 0.252. The van der Waals surface area contributed by atoms with Crippen LogP contribution < -0.4 is 15.1 Å². The van der Waals surface area contributed by atoms with Crippen molar-refractivity contribution >= 4 is 34.8 Å². The van der Waals surface area contributed by atoms with Crippen molar-refractivity contribution in [3.8, 4) is 22.6 Å². The maximum Gasteiger partial charge on any atom is 0.327 e. The zero-order valence-electron chi connectivity index (χ0n) is 18.3. The summed E-state index contributed by atoms with van der Waals surface area (Å²) in [7, 11) is 0. The van der Waals surface area contributed by atoms with Gasteiger partial charge in [-0.3, -0.25) is 4.90 Å². The van der Waals surface area contributed by atoms with Crippen molar-refractivity contribution in [2.75, 3.05) is 28.2 Å². The standard InChI is InChI=1S/C26H22ClN5O2/c27-19-6-1-4-17(12-19)22-9-10-23-25(30-22)32(21-8-3-11-31(23)15-21)26(33)29-20-7-2-5-18(13-20)24-14-28-16-34-24/h1-2,4-7,9-10,12-14,16,21H,3,8,11,15H2,(H,29,33). The van der Waals surface area contributed by atoms with Gasteiger partial charge in [0.15, 0.2) is 18.0 Å². The van der Waals surface area contributed by atoms with Crippen LogP contribution in [0.25, 0.3) is 22.6 Å². The Morgan fingerprint density at radius 2 is 1.97 bits per heavy atom. The van der Waals surface area contributed by atoms with E-state index in [2.05, 4.69) is 21.3 Å². The van der Waals surface area contributed by atoms with Crippen LogP contribution >= 0.6 is 11.6 Å². The van der Waals surface area contributed by atoms with Crippen molar-refractivity contribution < 1.29 is 9.21 Å². The van der Waals surface area contributed by atoms with Crippen LogP contribution in [-0.4, -0.2) is 35.1 Å². The van der Waals surface area contributed by atoms with E-state index in [4.69, 9.17) is 21.0 Å². The fourth-order valence-electron chi connectivity index (χ4n) is 4.79. The number of anilines is 3. The van der Waals surface area contributed by atoms with E-state index in [0.29, 0.717) is 22.3 Å². The second-order valence-electron chi connectivity index (χ2n) is 8.54. The molecule has 1 saturated heterocycles. The summed E-state index contributed by atoms with van der Waals surface area (Å²) in [4.78, 5) is 26.7. The Morgan fingerprint density at radius 1 is 1.09 bits per heavy atom. The first-order chi connectivity index (χ1) is 16.7. The zero-order chi connectivity index (χ0) is 23.1. The Balaban J connectivity index is 1.36. The summed E-state index contributed by atoms with van der Waals surface area (Å²) in [6, 6.07) is 19.1. The number of nitrogens with zero attached hydrogens (tertiary/aromatic N) is 4. The number of benzene rings is 2. The van der Waals surface area contributed by atoms with Crippen LogP contribution in [0.2, 0.25) is 5.02 Å². The average Bonchev–Trinajstić information content (AvgIpc) is 3.39. The van der Waals surface area contributed by atoms with E-state index in [1.165, 1.54) is 6.39 Å². The Hall–Kier alpha value is -3.84. The molecule has 2 aliphatic rings. The van der Waals surface area contributed by atoms with Crippen molar-refractivity contribution in [3.63, 3.8) is 0 Å². The number of carbonyl (C=O) groups is 1. The number of hydrogen-bond donors (Lipinski definition) is 1. The van der Waals surface area contributed by atoms with Gasteiger partial charge in [0.1, 0.15) is 0 Å². The lowest BCUT2D eigenvalue weighted by Crippen LogP contribution is -2.56. The minimum atomic E-state index is -0.196. The Bertz CT molecular complexity index is 1360. The van der Waals surface area contributed by atoms with Gasteiger partial charge in [-0.15, -0.1) is 0 Å². The molecule has 2 amide bonds. The van der Waals surface area contributed by atoms with Crippen molar-refractivity contribution in [2.45, 2.75) is 18.9 Å². The van der Waals surface area contributed by atoms with Crippen LogP contribution in [0.15, 0.2) is 77.7 Å². The number of pyridine rings is 1. The molecule has 6 rings (SSSR count). The molecular formula is C26H22ClN5O2. The van der Waals surface area contributed by atoms with Crippen LogP contribution in [0.5, 0.6) is 0 Å². The number of nitrogens with one attached hydrogen (secondary N) is 1. The van der Waals surface area contributed by atoms with E-state index in [-0.39, 0.29) is 12.1 Å². The van der Waals surface area contributed by atoms with Crippen molar-refractivity contribution in [3.05, 3.63) is 78.3 Å². The van der Waals surface area contributed by atoms with Gasteiger partial charge in [-0.1, -0.05) is 35.9 Å². The first kappa shape index (κ1) is 20.7. The first-order valence-corrected chi connectivity index (χ1v) is 11.6. The smallest absolute Gasteiger partial charge is 0.327 e. The molecule has 0 spiro atoms. The number of halogens is 1. The van der Waals surface area contributed by atoms with Crippen LogP contribution in [0.3, 0.4) is 0 Å². The third-order valence-corrected chi connectivity index (χ3v) is 6.59. The van der Waals surface area contributed by atoms with Crippen LogP contribution in [0.1, 0.15) is 12.8 Å². The average molecular weight is 472 g/mol. The van der Waals surface area contributed by atoms with Crippen molar-refractivity contribution in [1.29, 1.82) is 0 Å². The largest absolute Gasteiger partial charge is 0.444 e. The molecular weight excluding hydrogens is 450 g/mol.